The van der Waals surface area contributed by atoms with Crippen LogP contribution in [-0.2, 0) is 0 Å². The largest absolute Gasteiger partial charge is 0.487 e. The number of hydrogen-bond acceptors (Lipinski definition) is 2. The van der Waals surface area contributed by atoms with Crippen molar-refractivity contribution in [1.82, 2.24) is 0 Å². The summed E-state index contributed by atoms with van der Waals surface area (Å²) in [6.45, 7) is 10.5. The Morgan fingerprint density at radius 2 is 2.05 bits per heavy atom. The van der Waals surface area contributed by atoms with E-state index >= 15 is 0 Å². The van der Waals surface area contributed by atoms with Gasteiger partial charge in [-0.05, 0) is 43.5 Å². The van der Waals surface area contributed by atoms with Crippen molar-refractivity contribution >= 4 is 12.2 Å². The van der Waals surface area contributed by atoms with Crippen molar-refractivity contribution in [1.29, 1.82) is 0 Å². The molecule has 1 aromatic rings. The van der Waals surface area contributed by atoms with Crippen molar-refractivity contribution in [3.8, 4) is 5.75 Å². The highest BCUT2D eigenvalue weighted by Crippen LogP contribution is 2.23. The van der Waals surface area contributed by atoms with Crippen molar-refractivity contribution in [3.63, 3.8) is 0 Å². The topological polar surface area (TPSA) is 35.2 Å². The van der Waals surface area contributed by atoms with E-state index in [1.165, 1.54) is 0 Å². The van der Waals surface area contributed by atoms with Gasteiger partial charge in [-0.1, -0.05) is 44.2 Å². The number of allylic oxidation sites excluding steroid dienone is 1. The summed E-state index contributed by atoms with van der Waals surface area (Å²) in [5, 5.41) is 0. The summed E-state index contributed by atoms with van der Waals surface area (Å²) >= 11 is 0. The van der Waals surface area contributed by atoms with Crippen molar-refractivity contribution in [3.05, 3.63) is 42.0 Å². The highest BCUT2D eigenvalue weighted by atomic mass is 16.5. The molecular weight excluding hydrogens is 234 g/mol. The minimum absolute atomic E-state index is 0.347. The van der Waals surface area contributed by atoms with E-state index in [2.05, 4.69) is 25.7 Å². The smallest absolute Gasteiger partial charge is 0.120 e. The molecule has 0 aliphatic heterocycles. The van der Waals surface area contributed by atoms with Crippen molar-refractivity contribution in [2.75, 3.05) is 6.54 Å². The Kier molecular flexibility index (Phi) is 5.84. The van der Waals surface area contributed by atoms with Crippen LogP contribution in [0.2, 0.25) is 0 Å². The molecule has 1 rings (SSSR count). The summed E-state index contributed by atoms with van der Waals surface area (Å²) in [5.41, 5.74) is 7.59. The number of ether oxygens (including phenoxy) is 1. The summed E-state index contributed by atoms with van der Waals surface area (Å²) in [7, 11) is 0. The minimum Gasteiger partial charge on any atom is -0.487 e. The molecule has 0 saturated carbocycles. The second-order valence-corrected chi connectivity index (χ2v) is 5.25. The molecule has 0 aliphatic carbocycles. The molecule has 0 saturated heterocycles. The van der Waals surface area contributed by atoms with Crippen LogP contribution < -0.4 is 10.5 Å². The van der Waals surface area contributed by atoms with Gasteiger partial charge in [0.05, 0.1) is 0 Å². The fraction of sp³-hybridized carbons (Fsp3) is 0.412. The lowest BCUT2D eigenvalue weighted by molar-refractivity contribution is 0.119. The third-order valence-electron chi connectivity index (χ3n) is 2.92. The first-order valence-electron chi connectivity index (χ1n) is 6.84. The van der Waals surface area contributed by atoms with E-state index in [9.17, 15) is 0 Å². The van der Waals surface area contributed by atoms with Gasteiger partial charge in [0.2, 0.25) is 0 Å². The molecule has 0 fully saturated rings. The minimum atomic E-state index is -0.347. The zero-order chi connectivity index (χ0) is 14.3. The molecular formula is C17H25NO. The summed E-state index contributed by atoms with van der Waals surface area (Å²) in [6.07, 6.45) is 8.40. The first kappa shape index (κ1) is 15.5. The second-order valence-electron chi connectivity index (χ2n) is 5.25. The highest BCUT2D eigenvalue weighted by molar-refractivity contribution is 5.66. The van der Waals surface area contributed by atoms with Crippen LogP contribution in [0.15, 0.2) is 30.9 Å². The Labute approximate surface area is 117 Å². The lowest BCUT2D eigenvalue weighted by Crippen LogP contribution is -2.37. The summed E-state index contributed by atoms with van der Waals surface area (Å²) in [4.78, 5) is 0. The standard InChI is InChI=1S/C17H25NO/c1-5-7-8-9-15-12-16(11-10-14(15)6-2)19-17(3,4)13-18/h6,8-12H,2,5,7,13,18H2,1,3-4H3/b9-8-. The molecule has 0 unspecified atom stereocenters. The number of nitrogens with two attached hydrogens (primary N) is 1. The zero-order valence-corrected chi connectivity index (χ0v) is 12.3. The van der Waals surface area contributed by atoms with E-state index in [0.29, 0.717) is 6.54 Å². The van der Waals surface area contributed by atoms with Crippen LogP contribution in [0, 0.1) is 0 Å². The fourth-order valence-electron chi connectivity index (χ4n) is 1.68. The average molecular weight is 259 g/mol. The SMILES string of the molecule is C=Cc1ccc(OC(C)(C)CN)cc1/C=C\CCC. The fourth-order valence-corrected chi connectivity index (χ4v) is 1.68. The Morgan fingerprint density at radius 3 is 2.63 bits per heavy atom. The predicted molar refractivity (Wildman–Crippen MR) is 84.2 cm³/mol. The van der Waals surface area contributed by atoms with E-state index in [1.54, 1.807) is 0 Å². The van der Waals surface area contributed by atoms with Crippen LogP contribution in [0.25, 0.3) is 12.2 Å². The number of rotatable bonds is 7. The molecule has 0 atom stereocenters. The summed E-state index contributed by atoms with van der Waals surface area (Å²) in [6, 6.07) is 6.03. The van der Waals surface area contributed by atoms with Gasteiger partial charge in [-0.25, -0.2) is 0 Å². The van der Waals surface area contributed by atoms with Gasteiger partial charge >= 0.3 is 0 Å². The quantitative estimate of drug-likeness (QED) is 0.794. The molecule has 0 radical (unpaired) electrons. The van der Waals surface area contributed by atoms with Crippen molar-refractivity contribution in [2.24, 2.45) is 5.73 Å². The van der Waals surface area contributed by atoms with Crippen LogP contribution in [0.1, 0.15) is 44.7 Å². The van der Waals surface area contributed by atoms with Gasteiger partial charge in [-0.15, -0.1) is 0 Å². The molecule has 2 heteroatoms. The summed E-state index contributed by atoms with van der Waals surface area (Å²) < 4.78 is 5.90. The van der Waals surface area contributed by atoms with Gasteiger partial charge in [0.1, 0.15) is 11.4 Å². The lowest BCUT2D eigenvalue weighted by atomic mass is 10.1. The van der Waals surface area contributed by atoms with Crippen LogP contribution >= 0.6 is 0 Å². The Balaban J connectivity index is 2.98. The number of hydrogen-bond donors (Lipinski definition) is 1. The molecule has 0 heterocycles. The van der Waals surface area contributed by atoms with Crippen LogP contribution in [0.4, 0.5) is 0 Å². The first-order valence-corrected chi connectivity index (χ1v) is 6.84. The number of benzene rings is 1. The molecule has 0 bridgehead atoms. The molecule has 0 spiro atoms. The van der Waals surface area contributed by atoms with Crippen LogP contribution in [0.3, 0.4) is 0 Å². The van der Waals surface area contributed by atoms with Gasteiger partial charge in [-0.3, -0.25) is 0 Å². The molecule has 104 valence electrons. The third-order valence-corrected chi connectivity index (χ3v) is 2.92. The van der Waals surface area contributed by atoms with Gasteiger partial charge in [0, 0.05) is 6.54 Å². The van der Waals surface area contributed by atoms with E-state index in [-0.39, 0.29) is 5.60 Å². The molecule has 0 amide bonds. The Bertz CT molecular complexity index is 447. The van der Waals surface area contributed by atoms with E-state index in [4.69, 9.17) is 10.5 Å². The van der Waals surface area contributed by atoms with Gasteiger partial charge in [-0.2, -0.15) is 0 Å². The molecule has 2 N–H and O–H groups in total. The van der Waals surface area contributed by atoms with Crippen LogP contribution in [-0.4, -0.2) is 12.1 Å². The predicted octanol–water partition coefficient (Wildman–Crippen LogP) is 4.26. The van der Waals surface area contributed by atoms with Gasteiger partial charge in [0.25, 0.3) is 0 Å². The first-order chi connectivity index (χ1) is 9.02. The normalized spacial score (nSPS) is 11.8. The van der Waals surface area contributed by atoms with E-state index < -0.39 is 0 Å². The van der Waals surface area contributed by atoms with E-state index in [1.807, 2.05) is 38.1 Å². The number of unbranched alkanes of at least 4 members (excludes halogenated alkanes) is 1. The molecule has 0 aromatic heterocycles. The highest BCUT2D eigenvalue weighted by Gasteiger charge is 2.17. The molecule has 1 aromatic carbocycles. The van der Waals surface area contributed by atoms with E-state index in [0.717, 1.165) is 29.7 Å². The van der Waals surface area contributed by atoms with Crippen molar-refractivity contribution < 1.29 is 4.74 Å². The Morgan fingerprint density at radius 1 is 1.32 bits per heavy atom. The molecule has 2 nitrogen and oxygen atoms in total. The van der Waals surface area contributed by atoms with Crippen LogP contribution in [0.5, 0.6) is 5.75 Å². The second kappa shape index (κ2) is 7.15. The molecule has 19 heavy (non-hydrogen) atoms. The zero-order valence-electron chi connectivity index (χ0n) is 12.3. The third kappa shape index (κ3) is 4.92. The molecule has 0 aliphatic rings. The maximum atomic E-state index is 5.90. The van der Waals surface area contributed by atoms with Gasteiger partial charge in [0.15, 0.2) is 0 Å². The Hall–Kier alpha value is -1.54. The monoisotopic (exact) mass is 259 g/mol. The van der Waals surface area contributed by atoms with Crippen molar-refractivity contribution in [2.45, 2.75) is 39.2 Å². The van der Waals surface area contributed by atoms with Gasteiger partial charge < -0.3 is 10.5 Å². The lowest BCUT2D eigenvalue weighted by Gasteiger charge is -2.25. The maximum absolute atomic E-state index is 5.90. The maximum Gasteiger partial charge on any atom is 0.120 e. The summed E-state index contributed by atoms with van der Waals surface area (Å²) in [5.74, 6) is 0.845. The average Bonchev–Trinajstić information content (AvgIpc) is 2.39.